The van der Waals surface area contributed by atoms with Crippen LogP contribution in [-0.2, 0) is 24.5 Å². The summed E-state index contributed by atoms with van der Waals surface area (Å²) in [4.78, 5) is 0. The predicted molar refractivity (Wildman–Crippen MR) is 44.1 cm³/mol. The van der Waals surface area contributed by atoms with Crippen molar-refractivity contribution in [2.45, 2.75) is 26.7 Å². The molecule has 0 radical (unpaired) electrons. The maximum Gasteiger partial charge on any atom is 0.109 e. The lowest BCUT2D eigenvalue weighted by Crippen LogP contribution is -1.98. The van der Waals surface area contributed by atoms with Crippen LogP contribution in [0.15, 0.2) is 4.60 Å². The molecule has 0 bridgehead atoms. The lowest BCUT2D eigenvalue weighted by Gasteiger charge is -1.98. The van der Waals surface area contributed by atoms with Gasteiger partial charge < -0.3 is 4.74 Å². The van der Waals surface area contributed by atoms with Crippen LogP contribution in [0.5, 0.6) is 0 Å². The molecule has 0 saturated carbocycles. The Kier molecular flexibility index (Phi) is 1.73. The first-order chi connectivity index (χ1) is 5.33. The molecule has 0 aromatic carbocycles. The number of aryl methyl sites for hydroxylation is 1. The molecule has 11 heavy (non-hydrogen) atoms. The van der Waals surface area contributed by atoms with Gasteiger partial charge in [0.05, 0.1) is 18.9 Å². The summed E-state index contributed by atoms with van der Waals surface area (Å²) >= 11 is 3.48. The fraction of sp³-hybridized carbons (Fsp3) is 0.571. The molecule has 1 aromatic heterocycles. The molecule has 3 nitrogen and oxygen atoms in total. The van der Waals surface area contributed by atoms with E-state index in [-0.39, 0.29) is 0 Å². The van der Waals surface area contributed by atoms with Gasteiger partial charge in [0.15, 0.2) is 0 Å². The molecular formula is C7H9BrN2O. The molecule has 1 aromatic rings. The van der Waals surface area contributed by atoms with Crippen molar-refractivity contribution >= 4 is 15.9 Å². The average Bonchev–Trinajstić information content (AvgIpc) is 2.53. The van der Waals surface area contributed by atoms with E-state index in [0.29, 0.717) is 13.2 Å². The van der Waals surface area contributed by atoms with Crippen molar-refractivity contribution in [3.63, 3.8) is 0 Å². The first-order valence-corrected chi connectivity index (χ1v) is 4.44. The van der Waals surface area contributed by atoms with Crippen molar-refractivity contribution < 1.29 is 4.74 Å². The Morgan fingerprint density at radius 3 is 3.09 bits per heavy atom. The van der Waals surface area contributed by atoms with Gasteiger partial charge in [0.2, 0.25) is 0 Å². The molecule has 0 fully saturated rings. The molecular weight excluding hydrogens is 208 g/mol. The van der Waals surface area contributed by atoms with Crippen LogP contribution in [-0.4, -0.2) is 9.78 Å². The lowest BCUT2D eigenvalue weighted by atomic mass is 10.3. The minimum Gasteiger partial charge on any atom is -0.370 e. The van der Waals surface area contributed by atoms with Gasteiger partial charge in [-0.1, -0.05) is 0 Å². The van der Waals surface area contributed by atoms with E-state index in [2.05, 4.69) is 28.0 Å². The fourth-order valence-electron chi connectivity index (χ4n) is 1.24. The lowest BCUT2D eigenvalue weighted by molar-refractivity contribution is 0.130. The Bertz CT molecular complexity index is 281. The molecule has 0 spiro atoms. The monoisotopic (exact) mass is 216 g/mol. The zero-order chi connectivity index (χ0) is 7.84. The molecule has 0 N–H and O–H groups in total. The zero-order valence-corrected chi connectivity index (χ0v) is 7.89. The van der Waals surface area contributed by atoms with E-state index in [1.165, 1.54) is 5.56 Å². The molecule has 0 atom stereocenters. The van der Waals surface area contributed by atoms with Gasteiger partial charge in [0, 0.05) is 12.1 Å². The van der Waals surface area contributed by atoms with Gasteiger partial charge >= 0.3 is 0 Å². The molecule has 1 aliphatic heterocycles. The number of aromatic nitrogens is 2. The van der Waals surface area contributed by atoms with E-state index in [9.17, 15) is 0 Å². The highest BCUT2D eigenvalue weighted by Crippen LogP contribution is 2.26. The second kappa shape index (κ2) is 2.60. The average molecular weight is 217 g/mol. The van der Waals surface area contributed by atoms with Crippen LogP contribution in [0.1, 0.15) is 18.2 Å². The van der Waals surface area contributed by atoms with Crippen molar-refractivity contribution in [2.24, 2.45) is 0 Å². The standard InChI is InChI=1S/C7H9BrN2O/c1-2-10-7(8)5-3-11-4-6(5)9-10/h2-4H2,1H3. The molecule has 0 amide bonds. The van der Waals surface area contributed by atoms with Gasteiger partial charge in [-0.2, -0.15) is 5.10 Å². The van der Waals surface area contributed by atoms with Crippen molar-refractivity contribution in [3.8, 4) is 0 Å². The quantitative estimate of drug-likeness (QED) is 0.715. The molecule has 60 valence electrons. The Balaban J connectivity index is 2.49. The second-order valence-corrected chi connectivity index (χ2v) is 3.28. The first kappa shape index (κ1) is 7.31. The minimum absolute atomic E-state index is 0.668. The van der Waals surface area contributed by atoms with Crippen molar-refractivity contribution in [3.05, 3.63) is 15.9 Å². The predicted octanol–water partition coefficient (Wildman–Crippen LogP) is 1.70. The molecule has 1 aliphatic rings. The third-order valence-electron chi connectivity index (χ3n) is 1.85. The fourth-order valence-corrected chi connectivity index (χ4v) is 1.92. The summed E-state index contributed by atoms with van der Waals surface area (Å²) in [6.45, 7) is 4.36. The van der Waals surface area contributed by atoms with E-state index in [0.717, 1.165) is 16.8 Å². The summed E-state index contributed by atoms with van der Waals surface area (Å²) in [5.74, 6) is 0. The summed E-state index contributed by atoms with van der Waals surface area (Å²) in [6.07, 6.45) is 0. The summed E-state index contributed by atoms with van der Waals surface area (Å²) in [5, 5.41) is 4.35. The Labute approximate surface area is 73.5 Å². The number of hydrogen-bond donors (Lipinski definition) is 0. The van der Waals surface area contributed by atoms with Crippen LogP contribution in [0.3, 0.4) is 0 Å². The third kappa shape index (κ3) is 1.01. The molecule has 0 unspecified atom stereocenters. The number of halogens is 1. The number of rotatable bonds is 1. The molecule has 2 rings (SSSR count). The highest BCUT2D eigenvalue weighted by molar-refractivity contribution is 9.10. The largest absolute Gasteiger partial charge is 0.370 e. The van der Waals surface area contributed by atoms with Crippen molar-refractivity contribution in [1.82, 2.24) is 9.78 Å². The smallest absolute Gasteiger partial charge is 0.109 e. The van der Waals surface area contributed by atoms with Crippen LogP contribution in [0.4, 0.5) is 0 Å². The maximum atomic E-state index is 5.23. The first-order valence-electron chi connectivity index (χ1n) is 3.64. The molecule has 0 saturated heterocycles. The van der Waals surface area contributed by atoms with E-state index in [1.54, 1.807) is 0 Å². The minimum atomic E-state index is 0.668. The second-order valence-electron chi connectivity index (χ2n) is 2.52. The van der Waals surface area contributed by atoms with E-state index >= 15 is 0 Å². The summed E-state index contributed by atoms with van der Waals surface area (Å²) < 4.78 is 8.26. The van der Waals surface area contributed by atoms with Crippen molar-refractivity contribution in [2.75, 3.05) is 0 Å². The Morgan fingerprint density at radius 1 is 1.64 bits per heavy atom. The normalized spacial score (nSPS) is 15.5. The molecule has 0 aliphatic carbocycles. The maximum absolute atomic E-state index is 5.23. The number of hydrogen-bond acceptors (Lipinski definition) is 2. The van der Waals surface area contributed by atoms with Gasteiger partial charge in [-0.05, 0) is 22.9 Å². The van der Waals surface area contributed by atoms with Crippen LogP contribution in [0.2, 0.25) is 0 Å². The van der Waals surface area contributed by atoms with Gasteiger partial charge in [0.25, 0.3) is 0 Å². The summed E-state index contributed by atoms with van der Waals surface area (Å²) in [5.41, 5.74) is 2.30. The number of nitrogens with zero attached hydrogens (tertiary/aromatic N) is 2. The van der Waals surface area contributed by atoms with E-state index in [1.807, 2.05) is 4.68 Å². The van der Waals surface area contributed by atoms with Crippen LogP contribution >= 0.6 is 15.9 Å². The van der Waals surface area contributed by atoms with Crippen LogP contribution in [0, 0.1) is 0 Å². The van der Waals surface area contributed by atoms with Crippen LogP contribution < -0.4 is 0 Å². The van der Waals surface area contributed by atoms with E-state index < -0.39 is 0 Å². The third-order valence-corrected chi connectivity index (χ3v) is 2.74. The van der Waals surface area contributed by atoms with Crippen LogP contribution in [0.25, 0.3) is 0 Å². The molecule has 2 heterocycles. The van der Waals surface area contributed by atoms with Crippen molar-refractivity contribution in [1.29, 1.82) is 0 Å². The van der Waals surface area contributed by atoms with Gasteiger partial charge in [0.1, 0.15) is 4.60 Å². The SMILES string of the molecule is CCn1nc2c(c1Br)COC2. The topological polar surface area (TPSA) is 27.1 Å². The van der Waals surface area contributed by atoms with Gasteiger partial charge in [-0.25, -0.2) is 0 Å². The zero-order valence-electron chi connectivity index (χ0n) is 6.30. The van der Waals surface area contributed by atoms with E-state index in [4.69, 9.17) is 4.74 Å². The Morgan fingerprint density at radius 2 is 2.45 bits per heavy atom. The summed E-state index contributed by atoms with van der Waals surface area (Å²) in [7, 11) is 0. The number of ether oxygens (including phenoxy) is 1. The highest BCUT2D eigenvalue weighted by atomic mass is 79.9. The number of fused-ring (bicyclic) bond motifs is 1. The Hall–Kier alpha value is -0.350. The highest BCUT2D eigenvalue weighted by Gasteiger charge is 2.20. The molecule has 4 heteroatoms. The van der Waals surface area contributed by atoms with Gasteiger partial charge in [-0.15, -0.1) is 0 Å². The van der Waals surface area contributed by atoms with Gasteiger partial charge in [-0.3, -0.25) is 4.68 Å². The summed E-state index contributed by atoms with van der Waals surface area (Å²) in [6, 6.07) is 0.